The van der Waals surface area contributed by atoms with E-state index in [0.29, 0.717) is 19.2 Å². The molecule has 14 heavy (non-hydrogen) atoms. The second-order valence-corrected chi connectivity index (χ2v) is 3.99. The number of morpholine rings is 1. The maximum absolute atomic E-state index is 11.6. The van der Waals surface area contributed by atoms with Crippen LogP contribution in [0.3, 0.4) is 0 Å². The molecule has 1 atom stereocenters. The molecule has 1 amide bonds. The first-order valence-electron chi connectivity index (χ1n) is 5.07. The molecule has 80 valence electrons. The van der Waals surface area contributed by atoms with Gasteiger partial charge in [-0.25, -0.2) is 0 Å². The van der Waals surface area contributed by atoms with Gasteiger partial charge in [0.2, 0.25) is 0 Å². The highest BCUT2D eigenvalue weighted by atomic mass is 16.5. The lowest BCUT2D eigenvalue weighted by atomic mass is 10.1. The summed E-state index contributed by atoms with van der Waals surface area (Å²) >= 11 is 0. The smallest absolute Gasteiger partial charge is 0.250 e. The van der Waals surface area contributed by atoms with Crippen molar-refractivity contribution in [3.8, 4) is 0 Å². The Morgan fingerprint density at radius 1 is 1.57 bits per heavy atom. The van der Waals surface area contributed by atoms with Gasteiger partial charge in [0.15, 0.2) is 0 Å². The highest BCUT2D eigenvalue weighted by Crippen LogP contribution is 2.05. The molecule has 0 aromatic heterocycles. The van der Waals surface area contributed by atoms with Gasteiger partial charge < -0.3 is 20.3 Å². The lowest BCUT2D eigenvalue weighted by Gasteiger charge is -2.37. The number of likely N-dealkylation sites (N-methyl/N-ethyl adjacent to an activating group) is 1. The monoisotopic (exact) mass is 199 g/mol. The maximum Gasteiger partial charge on any atom is 0.250 e. The summed E-state index contributed by atoms with van der Waals surface area (Å²) in [6, 6.07) is 0.318. The number of carbonyl (C=O) groups is 1. The van der Waals surface area contributed by atoms with Gasteiger partial charge in [0.25, 0.3) is 5.91 Å². The van der Waals surface area contributed by atoms with Gasteiger partial charge in [-0.3, -0.25) is 4.79 Å². The lowest BCUT2D eigenvalue weighted by Crippen LogP contribution is -2.60. The van der Waals surface area contributed by atoms with E-state index in [9.17, 15) is 4.79 Å². The van der Waals surface area contributed by atoms with Crippen LogP contribution in [0.4, 0.5) is 0 Å². The Balaban J connectivity index is 1.71. The predicted octanol–water partition coefficient (Wildman–Crippen LogP) is -1.59. The number of nitrogens with zero attached hydrogens (tertiary/aromatic N) is 1. The fraction of sp³-hybridized carbons (Fsp3) is 0.889. The lowest BCUT2D eigenvalue weighted by molar-refractivity contribution is -0.136. The zero-order chi connectivity index (χ0) is 9.97. The van der Waals surface area contributed by atoms with E-state index in [4.69, 9.17) is 4.74 Å². The zero-order valence-corrected chi connectivity index (χ0v) is 8.45. The molecular formula is C9H17N3O2. The number of rotatable bonds is 2. The second-order valence-electron chi connectivity index (χ2n) is 3.99. The Hall–Kier alpha value is -0.650. The normalized spacial score (nSPS) is 29.6. The van der Waals surface area contributed by atoms with Crippen LogP contribution in [-0.2, 0) is 9.53 Å². The van der Waals surface area contributed by atoms with Gasteiger partial charge in [0.1, 0.15) is 6.10 Å². The Morgan fingerprint density at radius 2 is 2.36 bits per heavy atom. The molecule has 1 unspecified atom stereocenters. The average Bonchev–Trinajstić information content (AvgIpc) is 2.17. The first kappa shape index (κ1) is 9.89. The Bertz CT molecular complexity index is 210. The number of carbonyl (C=O) groups excluding carboxylic acids is 1. The van der Waals surface area contributed by atoms with E-state index in [-0.39, 0.29) is 12.0 Å². The van der Waals surface area contributed by atoms with Gasteiger partial charge in [-0.05, 0) is 7.05 Å². The molecule has 0 radical (unpaired) electrons. The zero-order valence-electron chi connectivity index (χ0n) is 8.45. The molecule has 2 aliphatic heterocycles. The first-order chi connectivity index (χ1) is 6.75. The van der Waals surface area contributed by atoms with Crippen molar-refractivity contribution in [3.63, 3.8) is 0 Å². The first-order valence-corrected chi connectivity index (χ1v) is 5.07. The van der Waals surface area contributed by atoms with Crippen LogP contribution in [0.25, 0.3) is 0 Å². The number of hydrogen-bond acceptors (Lipinski definition) is 4. The topological polar surface area (TPSA) is 53.6 Å². The largest absolute Gasteiger partial charge is 0.366 e. The van der Waals surface area contributed by atoms with Gasteiger partial charge >= 0.3 is 0 Å². The Morgan fingerprint density at radius 3 is 2.93 bits per heavy atom. The minimum Gasteiger partial charge on any atom is -0.366 e. The molecule has 2 rings (SSSR count). The quantitative estimate of drug-likeness (QED) is 0.563. The van der Waals surface area contributed by atoms with E-state index in [1.807, 2.05) is 7.05 Å². The van der Waals surface area contributed by atoms with Crippen LogP contribution < -0.4 is 10.6 Å². The highest BCUT2D eigenvalue weighted by Gasteiger charge is 2.28. The average molecular weight is 199 g/mol. The molecule has 0 aromatic carbocycles. The van der Waals surface area contributed by atoms with Gasteiger partial charge in [0, 0.05) is 26.2 Å². The molecule has 2 N–H and O–H groups in total. The molecule has 5 nitrogen and oxygen atoms in total. The fourth-order valence-electron chi connectivity index (χ4n) is 1.82. The van der Waals surface area contributed by atoms with Crippen molar-refractivity contribution in [1.29, 1.82) is 0 Å². The summed E-state index contributed by atoms with van der Waals surface area (Å²) in [4.78, 5) is 13.8. The van der Waals surface area contributed by atoms with Crippen LogP contribution in [0.2, 0.25) is 0 Å². The summed E-state index contributed by atoms with van der Waals surface area (Å²) in [7, 11) is 2.04. The summed E-state index contributed by atoms with van der Waals surface area (Å²) < 4.78 is 5.35. The van der Waals surface area contributed by atoms with Crippen molar-refractivity contribution in [2.24, 2.45) is 0 Å². The summed E-state index contributed by atoms with van der Waals surface area (Å²) in [5.41, 5.74) is 0. The number of ether oxygens (including phenoxy) is 1. The molecule has 0 spiro atoms. The minimum absolute atomic E-state index is 0.0234. The van der Waals surface area contributed by atoms with Crippen LogP contribution in [-0.4, -0.2) is 62.8 Å². The highest BCUT2D eigenvalue weighted by molar-refractivity contribution is 5.81. The van der Waals surface area contributed by atoms with Crippen molar-refractivity contribution in [2.45, 2.75) is 12.1 Å². The number of nitrogens with one attached hydrogen (secondary N) is 2. The van der Waals surface area contributed by atoms with Gasteiger partial charge in [-0.2, -0.15) is 0 Å². The standard InChI is InChI=1S/C9H17N3O2/c1-12-5-7(6-12)11-9(13)8-4-10-2-3-14-8/h7-8,10H,2-6H2,1H3,(H,11,13). The third kappa shape index (κ3) is 2.23. The van der Waals surface area contributed by atoms with E-state index >= 15 is 0 Å². The number of amides is 1. The van der Waals surface area contributed by atoms with Crippen LogP contribution in [0.1, 0.15) is 0 Å². The van der Waals surface area contributed by atoms with Crippen molar-refractivity contribution < 1.29 is 9.53 Å². The van der Waals surface area contributed by atoms with Crippen LogP contribution >= 0.6 is 0 Å². The Labute approximate surface area is 83.8 Å². The molecular weight excluding hydrogens is 182 g/mol. The van der Waals surface area contributed by atoms with E-state index in [2.05, 4.69) is 15.5 Å². The van der Waals surface area contributed by atoms with Crippen molar-refractivity contribution in [2.75, 3.05) is 39.8 Å². The van der Waals surface area contributed by atoms with E-state index in [0.717, 1.165) is 19.6 Å². The molecule has 2 aliphatic rings. The third-order valence-electron chi connectivity index (χ3n) is 2.63. The second kappa shape index (κ2) is 4.25. The molecule has 2 saturated heterocycles. The van der Waals surface area contributed by atoms with Crippen LogP contribution in [0.5, 0.6) is 0 Å². The van der Waals surface area contributed by atoms with Gasteiger partial charge in [-0.15, -0.1) is 0 Å². The summed E-state index contributed by atoms with van der Waals surface area (Å²) in [5.74, 6) is 0.0234. The SMILES string of the molecule is CN1CC(NC(=O)C2CNCCO2)C1. The maximum atomic E-state index is 11.6. The summed E-state index contributed by atoms with van der Waals surface area (Å²) in [5, 5.41) is 6.11. The molecule has 0 aromatic rings. The summed E-state index contributed by atoms with van der Waals surface area (Å²) in [6.07, 6.45) is -0.297. The van der Waals surface area contributed by atoms with Gasteiger partial charge in [0.05, 0.1) is 12.6 Å². The summed E-state index contributed by atoms with van der Waals surface area (Å²) in [6.45, 7) is 4.00. The number of likely N-dealkylation sites (tertiary alicyclic amines) is 1. The molecule has 2 heterocycles. The molecule has 5 heteroatoms. The van der Waals surface area contributed by atoms with Crippen molar-refractivity contribution in [3.05, 3.63) is 0 Å². The molecule has 0 bridgehead atoms. The van der Waals surface area contributed by atoms with Crippen molar-refractivity contribution >= 4 is 5.91 Å². The van der Waals surface area contributed by atoms with E-state index in [1.54, 1.807) is 0 Å². The van der Waals surface area contributed by atoms with E-state index in [1.165, 1.54) is 0 Å². The molecule has 2 fully saturated rings. The number of hydrogen-bond donors (Lipinski definition) is 2. The molecule has 0 saturated carbocycles. The van der Waals surface area contributed by atoms with Gasteiger partial charge in [-0.1, -0.05) is 0 Å². The van der Waals surface area contributed by atoms with E-state index < -0.39 is 0 Å². The van der Waals surface area contributed by atoms with Crippen LogP contribution in [0.15, 0.2) is 0 Å². The predicted molar refractivity (Wildman–Crippen MR) is 52.0 cm³/mol. The fourth-order valence-corrected chi connectivity index (χ4v) is 1.82. The molecule has 0 aliphatic carbocycles. The third-order valence-corrected chi connectivity index (χ3v) is 2.63. The minimum atomic E-state index is -0.297. The van der Waals surface area contributed by atoms with Crippen LogP contribution in [0, 0.1) is 0 Å². The van der Waals surface area contributed by atoms with Crippen molar-refractivity contribution in [1.82, 2.24) is 15.5 Å². The Kier molecular flexibility index (Phi) is 3.00.